The van der Waals surface area contributed by atoms with Crippen LogP contribution >= 0.6 is 0 Å². The van der Waals surface area contributed by atoms with E-state index in [0.29, 0.717) is 5.52 Å². The quantitative estimate of drug-likeness (QED) is 0.449. The van der Waals surface area contributed by atoms with Crippen molar-refractivity contribution in [3.05, 3.63) is 70.4 Å². The summed E-state index contributed by atoms with van der Waals surface area (Å²) in [5.41, 5.74) is 2.20. The predicted molar refractivity (Wildman–Crippen MR) is 76.8 cm³/mol. The van der Waals surface area contributed by atoms with Crippen LogP contribution in [0.5, 0.6) is 0 Å². The third kappa shape index (κ3) is 1.30. The first-order valence-corrected chi connectivity index (χ1v) is 6.38. The van der Waals surface area contributed by atoms with Crippen molar-refractivity contribution in [1.29, 1.82) is 0 Å². The Hall–Kier alpha value is -2.62. The highest BCUT2D eigenvalue weighted by Crippen LogP contribution is 2.25. The van der Waals surface area contributed by atoms with Crippen molar-refractivity contribution in [2.45, 2.75) is 6.92 Å². The Kier molecular flexibility index (Phi) is 2.07. The molecule has 0 saturated carbocycles. The molecule has 2 aromatic carbocycles. The van der Waals surface area contributed by atoms with Crippen molar-refractivity contribution >= 4 is 21.8 Å². The highest BCUT2D eigenvalue weighted by Gasteiger charge is 2.12. The number of fused-ring (bicyclic) bond motifs is 6. The van der Waals surface area contributed by atoms with Gasteiger partial charge in [-0.3, -0.25) is 4.79 Å². The van der Waals surface area contributed by atoms with Crippen molar-refractivity contribution in [1.82, 2.24) is 9.03 Å². The Bertz CT molecular complexity index is 1040. The first-order chi connectivity index (χ1) is 9.66. The summed E-state index contributed by atoms with van der Waals surface area (Å²) in [5.74, 6) is -0.347. The second-order valence-corrected chi connectivity index (χ2v) is 4.93. The van der Waals surface area contributed by atoms with Gasteiger partial charge in [-0.15, -0.1) is 0 Å². The molecule has 4 rings (SSSR count). The zero-order chi connectivity index (χ0) is 13.9. The summed E-state index contributed by atoms with van der Waals surface area (Å²) in [6.45, 7) is 1.87. The van der Waals surface area contributed by atoms with E-state index >= 15 is 0 Å². The lowest BCUT2D eigenvalue weighted by Crippen LogP contribution is -2.13. The fraction of sp³-hybridized carbons (Fsp3) is 0.0625. The van der Waals surface area contributed by atoms with Gasteiger partial charge in [0.05, 0.1) is 11.0 Å². The molecular formula is C16H11FN2O. The summed E-state index contributed by atoms with van der Waals surface area (Å²) >= 11 is 0. The van der Waals surface area contributed by atoms with E-state index in [2.05, 4.69) is 0 Å². The molecular weight excluding hydrogens is 255 g/mol. The molecule has 0 saturated heterocycles. The smallest absolute Gasteiger partial charge is 0.267 e. The van der Waals surface area contributed by atoms with Crippen LogP contribution in [0, 0.1) is 12.7 Å². The topological polar surface area (TPSA) is 25.9 Å². The summed E-state index contributed by atoms with van der Waals surface area (Å²) in [6, 6.07) is 13.9. The Labute approximate surface area is 113 Å². The molecule has 2 heterocycles. The lowest BCUT2D eigenvalue weighted by molar-refractivity contribution is 0.628. The Morgan fingerprint density at radius 3 is 2.50 bits per heavy atom. The second kappa shape index (κ2) is 3.70. The van der Waals surface area contributed by atoms with Gasteiger partial charge in [-0.05, 0) is 25.1 Å². The number of para-hydroxylation sites is 1. The van der Waals surface area contributed by atoms with Gasteiger partial charge in [0, 0.05) is 28.6 Å². The highest BCUT2D eigenvalue weighted by atomic mass is 19.1. The van der Waals surface area contributed by atoms with Crippen LogP contribution < -0.4 is 5.56 Å². The van der Waals surface area contributed by atoms with Gasteiger partial charge >= 0.3 is 0 Å². The molecule has 4 heteroatoms. The number of hydrogen-bond acceptors (Lipinski definition) is 1. The largest absolute Gasteiger partial charge is 0.271 e. The molecule has 0 atom stereocenters. The molecule has 0 bridgehead atoms. The minimum absolute atomic E-state index is 0.149. The number of benzene rings is 2. The molecule has 2 aromatic heterocycles. The summed E-state index contributed by atoms with van der Waals surface area (Å²) in [6.07, 6.45) is 0. The standard InChI is InChI=1S/C16H11FN2O/c1-10-8-16(20)19-15-9-11(17)6-7-13(15)12-4-2-3-5-14(12)18(10)19/h2-9H,1H3. The SMILES string of the molecule is Cc1cc(=O)n2c3cc(F)ccc3c3ccccc3n12. The molecule has 98 valence electrons. The van der Waals surface area contributed by atoms with E-state index in [1.54, 1.807) is 12.1 Å². The number of aromatic nitrogens is 2. The van der Waals surface area contributed by atoms with E-state index in [4.69, 9.17) is 0 Å². The number of hydrogen-bond donors (Lipinski definition) is 0. The van der Waals surface area contributed by atoms with Crippen LogP contribution in [0.1, 0.15) is 5.69 Å². The number of nitrogens with zero attached hydrogens (tertiary/aromatic N) is 2. The van der Waals surface area contributed by atoms with Gasteiger partial charge in [-0.1, -0.05) is 18.2 Å². The second-order valence-electron chi connectivity index (χ2n) is 4.93. The molecule has 20 heavy (non-hydrogen) atoms. The van der Waals surface area contributed by atoms with Crippen molar-refractivity contribution in [3.63, 3.8) is 0 Å². The third-order valence-corrected chi connectivity index (χ3v) is 3.69. The van der Waals surface area contributed by atoms with E-state index in [-0.39, 0.29) is 11.4 Å². The third-order valence-electron chi connectivity index (χ3n) is 3.69. The maximum Gasteiger partial charge on any atom is 0.271 e. The maximum absolute atomic E-state index is 13.6. The van der Waals surface area contributed by atoms with E-state index in [0.717, 1.165) is 22.0 Å². The van der Waals surface area contributed by atoms with Gasteiger partial charge in [0.2, 0.25) is 0 Å². The van der Waals surface area contributed by atoms with Crippen LogP contribution in [0.4, 0.5) is 4.39 Å². The number of rotatable bonds is 0. The van der Waals surface area contributed by atoms with E-state index in [9.17, 15) is 9.18 Å². The van der Waals surface area contributed by atoms with Crippen LogP contribution in [0.15, 0.2) is 53.3 Å². The van der Waals surface area contributed by atoms with Gasteiger partial charge in [-0.25, -0.2) is 13.4 Å². The minimum Gasteiger partial charge on any atom is -0.267 e. The summed E-state index contributed by atoms with van der Waals surface area (Å²) in [4.78, 5) is 12.2. The monoisotopic (exact) mass is 266 g/mol. The van der Waals surface area contributed by atoms with Gasteiger partial charge in [0.1, 0.15) is 5.82 Å². The molecule has 0 aliphatic heterocycles. The lowest BCUT2D eigenvalue weighted by atomic mass is 10.1. The van der Waals surface area contributed by atoms with E-state index < -0.39 is 0 Å². The predicted octanol–water partition coefficient (Wildman–Crippen LogP) is 3.15. The highest BCUT2D eigenvalue weighted by molar-refractivity contribution is 6.04. The lowest BCUT2D eigenvalue weighted by Gasteiger charge is -2.11. The first-order valence-electron chi connectivity index (χ1n) is 6.38. The summed E-state index contributed by atoms with van der Waals surface area (Å²) in [7, 11) is 0. The zero-order valence-electron chi connectivity index (χ0n) is 10.8. The van der Waals surface area contributed by atoms with Gasteiger partial charge in [-0.2, -0.15) is 0 Å². The molecule has 0 radical (unpaired) electrons. The van der Waals surface area contributed by atoms with Gasteiger partial charge < -0.3 is 0 Å². The van der Waals surface area contributed by atoms with Crippen molar-refractivity contribution in [2.24, 2.45) is 0 Å². The molecule has 0 fully saturated rings. The number of halogens is 1. The normalized spacial score (nSPS) is 11.7. The summed E-state index contributed by atoms with van der Waals surface area (Å²) < 4.78 is 16.9. The minimum atomic E-state index is -0.347. The van der Waals surface area contributed by atoms with Crippen molar-refractivity contribution in [3.8, 4) is 0 Å². The van der Waals surface area contributed by atoms with Crippen molar-refractivity contribution < 1.29 is 4.39 Å². The summed E-state index contributed by atoms with van der Waals surface area (Å²) in [5, 5.41) is 1.87. The van der Waals surface area contributed by atoms with Gasteiger partial charge in [0.15, 0.2) is 0 Å². The molecule has 0 N–H and O–H groups in total. The molecule has 4 aromatic rings. The average Bonchev–Trinajstić information content (AvgIpc) is 2.74. The average molecular weight is 266 g/mol. The molecule has 0 spiro atoms. The van der Waals surface area contributed by atoms with Gasteiger partial charge in [0.25, 0.3) is 5.56 Å². The van der Waals surface area contributed by atoms with E-state index in [1.807, 2.05) is 35.7 Å². The number of aryl methyl sites for hydroxylation is 1. The Morgan fingerprint density at radius 2 is 1.65 bits per heavy atom. The molecule has 0 amide bonds. The Balaban J connectivity index is 2.50. The van der Waals surface area contributed by atoms with E-state index in [1.165, 1.54) is 16.6 Å². The molecule has 0 unspecified atom stereocenters. The molecule has 3 nitrogen and oxygen atoms in total. The van der Waals surface area contributed by atoms with Crippen LogP contribution in [0.25, 0.3) is 21.8 Å². The Morgan fingerprint density at radius 1 is 0.900 bits per heavy atom. The van der Waals surface area contributed by atoms with Crippen LogP contribution in [0.3, 0.4) is 0 Å². The fourth-order valence-electron chi connectivity index (χ4n) is 2.88. The van der Waals surface area contributed by atoms with Crippen molar-refractivity contribution in [2.75, 3.05) is 0 Å². The molecule has 0 aliphatic carbocycles. The van der Waals surface area contributed by atoms with Crippen LogP contribution in [-0.4, -0.2) is 9.03 Å². The van der Waals surface area contributed by atoms with Crippen LogP contribution in [-0.2, 0) is 0 Å². The zero-order valence-corrected chi connectivity index (χ0v) is 10.8. The first kappa shape index (κ1) is 11.2. The maximum atomic E-state index is 13.6. The fourth-order valence-corrected chi connectivity index (χ4v) is 2.88. The van der Waals surface area contributed by atoms with Crippen LogP contribution in [0.2, 0.25) is 0 Å². The molecule has 0 aliphatic rings.